The first kappa shape index (κ1) is 29.7. The van der Waals surface area contributed by atoms with Gasteiger partial charge in [-0.1, -0.05) is 97.1 Å². The van der Waals surface area contributed by atoms with Crippen LogP contribution in [0.5, 0.6) is 0 Å². The van der Waals surface area contributed by atoms with Crippen molar-refractivity contribution in [3.8, 4) is 0 Å². The van der Waals surface area contributed by atoms with Crippen molar-refractivity contribution in [3.05, 3.63) is 119 Å². The second-order valence-corrected chi connectivity index (χ2v) is 11.0. The number of ether oxygens (including phenoxy) is 1. The third kappa shape index (κ3) is 6.49. The Bertz CT molecular complexity index is 1250. The summed E-state index contributed by atoms with van der Waals surface area (Å²) in [5.41, 5.74) is 3.99. The molecule has 3 aromatic rings. The molecule has 7 heteroatoms. The van der Waals surface area contributed by atoms with Crippen molar-refractivity contribution in [2.75, 3.05) is 52.4 Å². The van der Waals surface area contributed by atoms with Gasteiger partial charge in [0, 0.05) is 39.3 Å². The normalized spacial score (nSPS) is 19.7. The van der Waals surface area contributed by atoms with Crippen molar-refractivity contribution < 1.29 is 19.4 Å². The largest absolute Gasteiger partial charge is 0.466 e. The molecule has 1 unspecified atom stereocenters. The van der Waals surface area contributed by atoms with Crippen LogP contribution in [0, 0.1) is 0 Å². The topological polar surface area (TPSA) is 73.3 Å². The number of hydrogen-bond acceptors (Lipinski definition) is 6. The number of carbonyl (C=O) groups excluding carboxylic acids is 2. The van der Waals surface area contributed by atoms with Gasteiger partial charge in [-0.2, -0.15) is 0 Å². The van der Waals surface area contributed by atoms with E-state index in [0.29, 0.717) is 45.8 Å². The summed E-state index contributed by atoms with van der Waals surface area (Å²) < 4.78 is 5.00. The average molecular weight is 568 g/mol. The number of nitrogens with zero attached hydrogens (tertiary/aromatic N) is 3. The molecule has 2 aliphatic rings. The van der Waals surface area contributed by atoms with Crippen molar-refractivity contribution in [1.29, 1.82) is 0 Å². The number of piperidine rings is 1. The number of hydrogen-bond donors (Lipinski definition) is 1. The molecule has 1 atom stereocenters. The number of carbonyl (C=O) groups is 2. The molecule has 7 nitrogen and oxygen atoms in total. The maximum absolute atomic E-state index is 12.8. The highest BCUT2D eigenvalue weighted by Crippen LogP contribution is 2.44. The molecular weight excluding hydrogens is 526 g/mol. The fourth-order valence-electron chi connectivity index (χ4n) is 6.30. The van der Waals surface area contributed by atoms with Crippen LogP contribution in [0.25, 0.3) is 0 Å². The SMILES string of the molecule is CCOC(=O)CCN1CCN(CC=C2CN(C(c3ccccc3)(c3ccccc3)c3ccccc3)CCC2O)CC1=O. The van der Waals surface area contributed by atoms with E-state index in [1.54, 1.807) is 11.8 Å². The molecule has 5 rings (SSSR count). The molecule has 0 saturated carbocycles. The molecule has 2 heterocycles. The molecule has 0 aromatic heterocycles. The van der Waals surface area contributed by atoms with E-state index in [1.165, 1.54) is 16.7 Å². The quantitative estimate of drug-likeness (QED) is 0.226. The van der Waals surface area contributed by atoms with E-state index in [0.717, 1.165) is 18.7 Å². The summed E-state index contributed by atoms with van der Waals surface area (Å²) in [6.45, 7) is 6.05. The molecule has 0 aliphatic carbocycles. The molecule has 2 saturated heterocycles. The van der Waals surface area contributed by atoms with Gasteiger partial charge in [0.05, 0.1) is 31.2 Å². The van der Waals surface area contributed by atoms with Crippen LogP contribution in [-0.4, -0.2) is 90.2 Å². The first-order valence-corrected chi connectivity index (χ1v) is 15.0. The third-order valence-corrected chi connectivity index (χ3v) is 8.42. The summed E-state index contributed by atoms with van der Waals surface area (Å²) in [5.74, 6) is -0.253. The zero-order valence-electron chi connectivity index (χ0n) is 24.4. The van der Waals surface area contributed by atoms with Gasteiger partial charge in [-0.3, -0.25) is 19.4 Å². The molecule has 220 valence electrons. The minimum Gasteiger partial charge on any atom is -0.466 e. The van der Waals surface area contributed by atoms with Gasteiger partial charge in [-0.15, -0.1) is 0 Å². The van der Waals surface area contributed by atoms with Gasteiger partial charge in [0.2, 0.25) is 5.91 Å². The lowest BCUT2D eigenvalue weighted by Crippen LogP contribution is -2.53. The van der Waals surface area contributed by atoms with E-state index in [9.17, 15) is 14.7 Å². The Labute approximate surface area is 249 Å². The first-order valence-electron chi connectivity index (χ1n) is 15.0. The first-order chi connectivity index (χ1) is 20.5. The van der Waals surface area contributed by atoms with Crippen molar-refractivity contribution in [2.45, 2.75) is 31.4 Å². The second-order valence-electron chi connectivity index (χ2n) is 11.0. The molecule has 0 bridgehead atoms. The van der Waals surface area contributed by atoms with E-state index in [4.69, 9.17) is 4.74 Å². The van der Waals surface area contributed by atoms with Crippen LogP contribution >= 0.6 is 0 Å². The number of esters is 1. The van der Waals surface area contributed by atoms with Crippen molar-refractivity contribution in [1.82, 2.24) is 14.7 Å². The van der Waals surface area contributed by atoms with Crippen LogP contribution in [0.1, 0.15) is 36.5 Å². The molecule has 1 amide bonds. The maximum atomic E-state index is 12.8. The van der Waals surface area contributed by atoms with Crippen molar-refractivity contribution >= 4 is 11.9 Å². The predicted molar refractivity (Wildman–Crippen MR) is 164 cm³/mol. The zero-order chi connectivity index (χ0) is 29.4. The molecule has 0 spiro atoms. The minimum absolute atomic E-state index is 0.0195. The second kappa shape index (κ2) is 13.9. The molecule has 0 radical (unpaired) electrons. The Morgan fingerprint density at radius 2 is 1.45 bits per heavy atom. The lowest BCUT2D eigenvalue weighted by molar-refractivity contribution is -0.144. The highest BCUT2D eigenvalue weighted by Gasteiger charge is 2.44. The van der Waals surface area contributed by atoms with Crippen LogP contribution in [-0.2, 0) is 19.9 Å². The number of likely N-dealkylation sites (tertiary alicyclic amines) is 1. The number of amides is 1. The Morgan fingerprint density at radius 1 is 0.881 bits per heavy atom. The van der Waals surface area contributed by atoms with E-state index < -0.39 is 11.6 Å². The van der Waals surface area contributed by atoms with E-state index in [-0.39, 0.29) is 18.3 Å². The van der Waals surface area contributed by atoms with Crippen molar-refractivity contribution in [3.63, 3.8) is 0 Å². The van der Waals surface area contributed by atoms with Crippen LogP contribution in [0.2, 0.25) is 0 Å². The van der Waals surface area contributed by atoms with Crippen molar-refractivity contribution in [2.24, 2.45) is 0 Å². The monoisotopic (exact) mass is 567 g/mol. The summed E-state index contributed by atoms with van der Waals surface area (Å²) in [6.07, 6.45) is 2.44. The Morgan fingerprint density at radius 3 is 1.98 bits per heavy atom. The standard InChI is InChI=1S/C35H41N3O4/c1-2-42-34(41)20-22-37-25-24-36(27-33(37)40)21-18-28-26-38(23-19-32(28)39)35(29-12-6-3-7-13-29,30-14-8-4-9-15-30)31-16-10-5-11-17-31/h3-18,32,39H,2,19-27H2,1H3. The van der Waals surface area contributed by atoms with Gasteiger partial charge in [0.25, 0.3) is 0 Å². The molecular formula is C35H41N3O4. The number of benzene rings is 3. The highest BCUT2D eigenvalue weighted by molar-refractivity contribution is 5.79. The Kier molecular flexibility index (Phi) is 9.85. The fraction of sp³-hybridized carbons (Fsp3) is 0.371. The predicted octanol–water partition coefficient (Wildman–Crippen LogP) is 4.07. The molecule has 3 aromatic carbocycles. The Hall–Kier alpha value is -3.78. The van der Waals surface area contributed by atoms with Crippen LogP contribution < -0.4 is 0 Å². The lowest BCUT2D eigenvalue weighted by Gasteiger charge is -2.48. The van der Waals surface area contributed by atoms with Gasteiger partial charge >= 0.3 is 5.97 Å². The van der Waals surface area contributed by atoms with Gasteiger partial charge in [-0.05, 0) is 35.6 Å². The zero-order valence-corrected chi connectivity index (χ0v) is 24.4. The molecule has 42 heavy (non-hydrogen) atoms. The third-order valence-electron chi connectivity index (χ3n) is 8.42. The molecule has 2 fully saturated rings. The number of aliphatic hydroxyl groups is 1. The molecule has 2 aliphatic heterocycles. The van der Waals surface area contributed by atoms with Gasteiger partial charge in [-0.25, -0.2) is 0 Å². The van der Waals surface area contributed by atoms with Gasteiger partial charge in [0.15, 0.2) is 0 Å². The highest BCUT2D eigenvalue weighted by atomic mass is 16.5. The average Bonchev–Trinajstić information content (AvgIpc) is 3.03. The number of rotatable bonds is 10. The molecule has 1 N–H and O–H groups in total. The van der Waals surface area contributed by atoms with E-state index >= 15 is 0 Å². The van der Waals surface area contributed by atoms with Gasteiger partial charge in [0.1, 0.15) is 0 Å². The Balaban J connectivity index is 1.38. The van der Waals surface area contributed by atoms with Crippen LogP contribution in [0.15, 0.2) is 103 Å². The maximum Gasteiger partial charge on any atom is 0.307 e. The minimum atomic E-state index is -0.538. The van der Waals surface area contributed by atoms with Crippen LogP contribution in [0.4, 0.5) is 0 Å². The van der Waals surface area contributed by atoms with E-state index in [1.807, 2.05) is 18.2 Å². The summed E-state index contributed by atoms with van der Waals surface area (Å²) in [6, 6.07) is 31.9. The number of piperazine rings is 1. The smallest absolute Gasteiger partial charge is 0.307 e. The summed E-state index contributed by atoms with van der Waals surface area (Å²) in [7, 11) is 0. The summed E-state index contributed by atoms with van der Waals surface area (Å²) >= 11 is 0. The summed E-state index contributed by atoms with van der Waals surface area (Å²) in [5, 5.41) is 11.1. The number of aliphatic hydroxyl groups excluding tert-OH is 1. The fourth-order valence-corrected chi connectivity index (χ4v) is 6.30. The van der Waals surface area contributed by atoms with Gasteiger partial charge < -0.3 is 14.7 Å². The van der Waals surface area contributed by atoms with Crippen LogP contribution in [0.3, 0.4) is 0 Å². The summed E-state index contributed by atoms with van der Waals surface area (Å²) in [4.78, 5) is 30.9. The van der Waals surface area contributed by atoms with E-state index in [2.05, 4.69) is 88.7 Å². The lowest BCUT2D eigenvalue weighted by atomic mass is 9.74.